The van der Waals surface area contributed by atoms with Gasteiger partial charge in [-0.1, -0.05) is 38.3 Å². The molecule has 0 aromatic rings. The number of carbonyl (C=O) groups excluding carboxylic acids is 1. The smallest absolute Gasteiger partial charge is 0.241 e. The van der Waals surface area contributed by atoms with E-state index in [0.717, 1.165) is 19.1 Å². The number of nitro groups is 2. The summed E-state index contributed by atoms with van der Waals surface area (Å²) in [7, 11) is 0. The molecule has 0 amide bonds. The summed E-state index contributed by atoms with van der Waals surface area (Å²) in [6.07, 6.45) is 5.96. The Morgan fingerprint density at radius 3 is 2.00 bits per heavy atom. The summed E-state index contributed by atoms with van der Waals surface area (Å²) in [5.41, 5.74) is 0. The normalized spacial score (nSPS) is 16.0. The van der Waals surface area contributed by atoms with Gasteiger partial charge in [-0.25, -0.2) is 0 Å². The van der Waals surface area contributed by atoms with Crippen molar-refractivity contribution in [3.05, 3.63) is 32.4 Å². The largest absolute Gasteiger partial charge is 0.386 e. The van der Waals surface area contributed by atoms with Crippen molar-refractivity contribution in [2.75, 3.05) is 0 Å². The van der Waals surface area contributed by atoms with E-state index in [1.165, 1.54) is 12.2 Å². The number of unbranched alkanes of at least 4 members (excludes halogenated alkanes) is 4. The summed E-state index contributed by atoms with van der Waals surface area (Å²) in [4.78, 5) is 31.4. The van der Waals surface area contributed by atoms with Crippen LogP contribution < -0.4 is 0 Å². The van der Waals surface area contributed by atoms with Gasteiger partial charge in [-0.2, -0.15) is 0 Å². The molecule has 0 heterocycles. The fraction of sp³-hybridized carbons (Fsp3) is 0.833. The van der Waals surface area contributed by atoms with Crippen LogP contribution in [0.25, 0.3) is 0 Å². The quantitative estimate of drug-likeness (QED) is 0.128. The number of aliphatic hydroxyl groups is 2. The Labute approximate surface area is 159 Å². The molecule has 0 fully saturated rings. The third kappa shape index (κ3) is 11.4. The second-order valence-electron chi connectivity index (χ2n) is 6.73. The van der Waals surface area contributed by atoms with Crippen LogP contribution in [0.2, 0.25) is 0 Å². The lowest BCUT2D eigenvalue weighted by Crippen LogP contribution is -2.34. The summed E-state index contributed by atoms with van der Waals surface area (Å²) in [6.45, 7) is 1.99. The van der Waals surface area contributed by atoms with E-state index in [2.05, 4.69) is 0 Å². The average Bonchev–Trinajstić information content (AvgIpc) is 2.61. The van der Waals surface area contributed by atoms with E-state index in [9.17, 15) is 35.2 Å². The maximum absolute atomic E-state index is 11.1. The lowest BCUT2D eigenvalue weighted by atomic mass is 9.99. The van der Waals surface area contributed by atoms with E-state index in [-0.39, 0.29) is 19.3 Å². The maximum Gasteiger partial charge on any atom is 0.241 e. The molecule has 0 aromatic carbocycles. The first-order valence-electron chi connectivity index (χ1n) is 9.56. The number of rotatable bonds is 17. The van der Waals surface area contributed by atoms with Crippen molar-refractivity contribution in [1.82, 2.24) is 0 Å². The lowest BCUT2D eigenvalue weighted by molar-refractivity contribution is -0.535. The second kappa shape index (κ2) is 15.2. The highest BCUT2D eigenvalue weighted by Gasteiger charge is 2.29. The van der Waals surface area contributed by atoms with Crippen LogP contribution in [0.5, 0.6) is 0 Å². The first-order valence-corrected chi connectivity index (χ1v) is 9.56. The zero-order chi connectivity index (χ0) is 20.7. The van der Waals surface area contributed by atoms with Crippen molar-refractivity contribution in [3.63, 3.8) is 0 Å². The number of carbonyl (C=O) groups is 1. The van der Waals surface area contributed by atoms with Gasteiger partial charge < -0.3 is 15.0 Å². The fourth-order valence-electron chi connectivity index (χ4n) is 2.83. The summed E-state index contributed by atoms with van der Waals surface area (Å²) in [5, 5.41) is 42.2. The van der Waals surface area contributed by atoms with Crippen LogP contribution >= 0.6 is 0 Å². The Bertz CT molecular complexity index is 471. The molecule has 9 heteroatoms. The predicted molar refractivity (Wildman–Crippen MR) is 101 cm³/mol. The average molecular weight is 388 g/mol. The molecule has 0 aliphatic heterocycles. The van der Waals surface area contributed by atoms with Crippen molar-refractivity contribution >= 4 is 6.29 Å². The highest BCUT2D eigenvalue weighted by atomic mass is 16.6. The van der Waals surface area contributed by atoms with Crippen molar-refractivity contribution in [1.29, 1.82) is 0 Å². The molecule has 0 aliphatic rings. The zero-order valence-corrected chi connectivity index (χ0v) is 15.9. The first kappa shape index (κ1) is 25.1. The van der Waals surface area contributed by atoms with Crippen LogP contribution in [0.15, 0.2) is 12.2 Å². The molecule has 156 valence electrons. The Hall–Kier alpha value is -1.87. The molecule has 0 aliphatic carbocycles. The fourth-order valence-corrected chi connectivity index (χ4v) is 2.83. The third-order valence-corrected chi connectivity index (χ3v) is 4.53. The molecule has 0 saturated heterocycles. The number of nitrogens with zero attached hydrogens (tertiary/aromatic N) is 2. The minimum absolute atomic E-state index is 0.0203. The van der Waals surface area contributed by atoms with Crippen LogP contribution in [-0.2, 0) is 4.79 Å². The standard InChI is InChI=1S/C18H32N2O7/c1-2-3-5-10-15(19(24)25)18(23)13-8-7-11-16(20(26)27)17(22)12-6-4-9-14-21/h7-8,14-18,22-23H,2-6,9-13H2,1H3/b8-7-. The van der Waals surface area contributed by atoms with Crippen LogP contribution in [0.4, 0.5) is 0 Å². The van der Waals surface area contributed by atoms with Crippen LogP contribution in [0, 0.1) is 20.2 Å². The van der Waals surface area contributed by atoms with Gasteiger partial charge in [-0.05, 0) is 25.7 Å². The minimum atomic E-state index is -1.18. The topological polar surface area (TPSA) is 144 Å². The molecule has 4 atom stereocenters. The number of aliphatic hydroxyl groups excluding tert-OH is 2. The number of hydrogen-bond acceptors (Lipinski definition) is 7. The molecule has 9 nitrogen and oxygen atoms in total. The Balaban J connectivity index is 4.48. The van der Waals surface area contributed by atoms with Crippen molar-refractivity contribution < 1.29 is 24.9 Å². The van der Waals surface area contributed by atoms with E-state index in [1.807, 2.05) is 6.92 Å². The van der Waals surface area contributed by atoms with E-state index in [0.29, 0.717) is 32.1 Å². The van der Waals surface area contributed by atoms with Crippen molar-refractivity contribution in [3.8, 4) is 0 Å². The highest BCUT2D eigenvalue weighted by molar-refractivity contribution is 5.48. The molecule has 0 spiro atoms. The van der Waals surface area contributed by atoms with Crippen LogP contribution in [0.1, 0.15) is 71.1 Å². The van der Waals surface area contributed by atoms with Gasteiger partial charge in [0.15, 0.2) is 0 Å². The predicted octanol–water partition coefficient (Wildman–Crippen LogP) is 2.67. The molecule has 4 unspecified atom stereocenters. The molecule has 0 rings (SSSR count). The SMILES string of the molecule is CCCCCC(C(O)C/C=C\CC(C(O)CCCCC=O)[N+](=O)[O-])[N+](=O)[O-]. The molecule has 0 saturated carbocycles. The highest BCUT2D eigenvalue weighted by Crippen LogP contribution is 2.15. The van der Waals surface area contributed by atoms with Gasteiger partial charge >= 0.3 is 0 Å². The number of hydrogen-bond donors (Lipinski definition) is 2. The lowest BCUT2D eigenvalue weighted by Gasteiger charge is -2.15. The van der Waals surface area contributed by atoms with Gasteiger partial charge in [-0.3, -0.25) is 20.2 Å². The minimum Gasteiger partial charge on any atom is -0.386 e. The molecular formula is C18H32N2O7. The summed E-state index contributed by atoms with van der Waals surface area (Å²) in [5.74, 6) is 0. The molecule has 0 aromatic heterocycles. The van der Waals surface area contributed by atoms with Gasteiger partial charge in [0.05, 0.1) is 0 Å². The third-order valence-electron chi connectivity index (χ3n) is 4.53. The van der Waals surface area contributed by atoms with Crippen LogP contribution in [-0.4, -0.2) is 50.6 Å². The van der Waals surface area contributed by atoms with Gasteiger partial charge in [0.2, 0.25) is 12.1 Å². The summed E-state index contributed by atoms with van der Waals surface area (Å²) >= 11 is 0. The van der Waals surface area contributed by atoms with Gasteiger partial charge in [0.1, 0.15) is 18.5 Å². The van der Waals surface area contributed by atoms with Crippen molar-refractivity contribution in [2.45, 2.75) is 95.4 Å². The molecule has 27 heavy (non-hydrogen) atoms. The monoisotopic (exact) mass is 388 g/mol. The maximum atomic E-state index is 11.1. The molecule has 2 N–H and O–H groups in total. The summed E-state index contributed by atoms with van der Waals surface area (Å²) < 4.78 is 0. The van der Waals surface area contributed by atoms with Crippen molar-refractivity contribution in [2.24, 2.45) is 0 Å². The van der Waals surface area contributed by atoms with E-state index in [1.54, 1.807) is 0 Å². The van der Waals surface area contributed by atoms with E-state index < -0.39 is 34.1 Å². The summed E-state index contributed by atoms with van der Waals surface area (Å²) in [6, 6.07) is -2.22. The van der Waals surface area contributed by atoms with Gasteiger partial charge in [0, 0.05) is 29.1 Å². The van der Waals surface area contributed by atoms with E-state index >= 15 is 0 Å². The van der Waals surface area contributed by atoms with Gasteiger partial charge in [0.25, 0.3) is 0 Å². The molecular weight excluding hydrogens is 356 g/mol. The Morgan fingerprint density at radius 1 is 0.852 bits per heavy atom. The van der Waals surface area contributed by atoms with E-state index in [4.69, 9.17) is 0 Å². The Morgan fingerprint density at radius 2 is 1.44 bits per heavy atom. The molecule has 0 bridgehead atoms. The second-order valence-corrected chi connectivity index (χ2v) is 6.73. The molecule has 0 radical (unpaired) electrons. The first-order chi connectivity index (χ1) is 12.8. The van der Waals surface area contributed by atoms with Gasteiger partial charge in [-0.15, -0.1) is 0 Å². The number of aldehydes is 1. The van der Waals surface area contributed by atoms with Crippen LogP contribution in [0.3, 0.4) is 0 Å². The zero-order valence-electron chi connectivity index (χ0n) is 15.9. The Kier molecular flexibility index (Phi) is 14.2.